The number of thiophene rings is 2. The third-order valence-corrected chi connectivity index (χ3v) is 14.6. The number of hydrogen-bond acceptors (Lipinski definition) is 14. The highest BCUT2D eigenvalue weighted by Crippen LogP contribution is 2.55. The molecule has 12 nitrogen and oxygen atoms in total. The molecule has 2 heterocycles. The van der Waals surface area contributed by atoms with Gasteiger partial charge in [-0.05, 0) is 91.7 Å². The maximum atomic E-state index is 15.3. The first kappa shape index (κ1) is 43.8. The van der Waals surface area contributed by atoms with Gasteiger partial charge in [0.1, 0.15) is 70.1 Å². The molecule has 0 fully saturated rings. The number of ether oxygens (including phenoxy) is 2. The SMILES string of the molecule is N#CC(C#N)=C1/C(=N/c2cc3cc4c(cc3s2)-c2cc3sc(/N=C5\C(=O)c6ccccc6C5=C(C#N)C#N)cc3cc2C4(C(=O)OCc2ccccc2)C(=O)OCc2ccccc2)C(=O)c2ccccc21. The van der Waals surface area contributed by atoms with Crippen LogP contribution >= 0.6 is 22.7 Å². The van der Waals surface area contributed by atoms with Crippen molar-refractivity contribution in [2.75, 3.05) is 0 Å². The number of hydrogen-bond donors (Lipinski definition) is 0. The monoisotopic (exact) mass is 956 g/mol. The molecule has 3 aliphatic rings. The zero-order valence-electron chi connectivity index (χ0n) is 36.7. The van der Waals surface area contributed by atoms with Crippen molar-refractivity contribution in [3.63, 3.8) is 0 Å². The van der Waals surface area contributed by atoms with Crippen LogP contribution in [0.3, 0.4) is 0 Å². The zero-order chi connectivity index (χ0) is 49.0. The van der Waals surface area contributed by atoms with Crippen molar-refractivity contribution in [1.82, 2.24) is 0 Å². The lowest BCUT2D eigenvalue weighted by Gasteiger charge is -2.28. The van der Waals surface area contributed by atoms with Crippen molar-refractivity contribution < 1.29 is 28.7 Å². The Morgan fingerprint density at radius 2 is 0.845 bits per heavy atom. The first-order valence-electron chi connectivity index (χ1n) is 21.8. The number of aliphatic imine (C=N–C) groups is 2. The van der Waals surface area contributed by atoms with Gasteiger partial charge in [-0.25, -0.2) is 9.98 Å². The maximum absolute atomic E-state index is 15.3. The molecule has 11 rings (SSSR count). The van der Waals surface area contributed by atoms with Crippen molar-refractivity contribution in [3.8, 4) is 35.4 Å². The van der Waals surface area contributed by atoms with E-state index in [2.05, 4.69) is 0 Å². The number of Topliss-reactive ketones (excluding diaryl/α,β-unsaturated/α-hetero) is 2. The van der Waals surface area contributed by atoms with E-state index in [1.54, 1.807) is 97.1 Å². The van der Waals surface area contributed by atoms with Crippen LogP contribution in [0.4, 0.5) is 10.0 Å². The minimum absolute atomic E-state index is 0.0567. The van der Waals surface area contributed by atoms with Crippen LogP contribution in [0.15, 0.2) is 167 Å². The number of ketones is 2. The van der Waals surface area contributed by atoms with Gasteiger partial charge in [0.2, 0.25) is 17.0 Å². The third-order valence-electron chi connectivity index (χ3n) is 12.6. The Morgan fingerprint density at radius 3 is 1.23 bits per heavy atom. The summed E-state index contributed by atoms with van der Waals surface area (Å²) in [6, 6.07) is 49.8. The van der Waals surface area contributed by atoms with E-state index in [0.717, 1.165) is 0 Å². The predicted molar refractivity (Wildman–Crippen MR) is 268 cm³/mol. The van der Waals surface area contributed by atoms with Gasteiger partial charge in [-0.1, -0.05) is 109 Å². The van der Waals surface area contributed by atoms with Gasteiger partial charge in [0.05, 0.1) is 0 Å². The first-order valence-corrected chi connectivity index (χ1v) is 23.4. The second-order valence-electron chi connectivity index (χ2n) is 16.5. The summed E-state index contributed by atoms with van der Waals surface area (Å²) in [4.78, 5) is 67.8. The van der Waals surface area contributed by atoms with E-state index in [1.165, 1.54) is 22.7 Å². The Bertz CT molecular complexity index is 3730. The van der Waals surface area contributed by atoms with Crippen molar-refractivity contribution in [2.45, 2.75) is 18.6 Å². The summed E-state index contributed by atoms with van der Waals surface area (Å²) in [5.41, 5.74) is 1.92. The van der Waals surface area contributed by atoms with Crippen LogP contribution < -0.4 is 0 Å². The lowest BCUT2D eigenvalue weighted by atomic mass is 9.77. The Morgan fingerprint density at radius 1 is 0.479 bits per heavy atom. The van der Waals surface area contributed by atoms with Gasteiger partial charge in [-0.3, -0.25) is 19.2 Å². The van der Waals surface area contributed by atoms with E-state index in [0.29, 0.717) is 74.7 Å². The van der Waals surface area contributed by atoms with Crippen LogP contribution in [0.1, 0.15) is 54.1 Å². The molecule has 0 bridgehead atoms. The topological polar surface area (TPSA) is 207 Å². The van der Waals surface area contributed by atoms with E-state index in [9.17, 15) is 30.6 Å². The van der Waals surface area contributed by atoms with Gasteiger partial charge in [0.15, 0.2) is 0 Å². The number of fused-ring (bicyclic) bond motifs is 7. The fourth-order valence-electron chi connectivity index (χ4n) is 9.40. The molecular formula is C57H28N6O6S2. The standard InChI is InChI=1S/C57H28N6O6S2/c58-25-35(26-59)49-37-15-7-9-17-39(37)53(64)51(49)62-47-21-33-19-43-41(23-45(33)70-47)42-24-46-34(22-48(71-46)63-52-50(36(27-60)28-61)38-16-8-10-18-40(38)54(52)65)20-44(42)57(43,55(66)68-29-31-11-3-1-4-12-31)56(67)69-30-32-13-5-2-6-14-32/h1-24H,29-30H2/b62-51-,63-52-. The molecule has 6 aromatic carbocycles. The highest BCUT2D eigenvalue weighted by molar-refractivity contribution is 7.23. The van der Waals surface area contributed by atoms with Gasteiger partial charge in [-0.15, -0.1) is 22.7 Å². The Labute approximate surface area is 411 Å². The molecule has 0 atom stereocenters. The Balaban J connectivity index is 1.11. The quantitative estimate of drug-likeness (QED) is 0.0799. The first-order chi connectivity index (χ1) is 34.7. The van der Waals surface area contributed by atoms with E-state index in [4.69, 9.17) is 19.5 Å². The van der Waals surface area contributed by atoms with Crippen LogP contribution in [0.2, 0.25) is 0 Å². The normalized spacial score (nSPS) is 14.8. The number of nitrogens with zero attached hydrogens (tertiary/aromatic N) is 6. The molecule has 0 saturated carbocycles. The molecule has 3 aliphatic carbocycles. The largest absolute Gasteiger partial charge is 0.459 e. The fourth-order valence-corrected chi connectivity index (χ4v) is 11.3. The summed E-state index contributed by atoms with van der Waals surface area (Å²) < 4.78 is 13.6. The lowest BCUT2D eigenvalue weighted by Crippen LogP contribution is -2.45. The Kier molecular flexibility index (Phi) is 10.8. The van der Waals surface area contributed by atoms with E-state index >= 15 is 9.59 Å². The molecule has 0 radical (unpaired) electrons. The maximum Gasteiger partial charge on any atom is 0.333 e. The molecule has 2 aromatic heterocycles. The average Bonchev–Trinajstić information content (AvgIpc) is 4.19. The minimum atomic E-state index is -2.19. The number of nitriles is 4. The zero-order valence-corrected chi connectivity index (χ0v) is 38.4. The summed E-state index contributed by atoms with van der Waals surface area (Å²) in [7, 11) is 0. The smallest absolute Gasteiger partial charge is 0.333 e. The minimum Gasteiger partial charge on any atom is -0.459 e. The summed E-state index contributed by atoms with van der Waals surface area (Å²) >= 11 is 2.47. The Hall–Kier alpha value is -9.70. The molecule has 0 amide bonds. The molecule has 71 heavy (non-hydrogen) atoms. The van der Waals surface area contributed by atoms with Gasteiger partial charge in [0, 0.05) is 31.7 Å². The van der Waals surface area contributed by atoms with E-state index in [1.807, 2.05) is 72.8 Å². The van der Waals surface area contributed by atoms with Gasteiger partial charge in [-0.2, -0.15) is 21.0 Å². The van der Waals surface area contributed by atoms with Crippen molar-refractivity contribution >= 4 is 98.9 Å². The van der Waals surface area contributed by atoms with Gasteiger partial charge >= 0.3 is 11.9 Å². The molecule has 14 heteroatoms. The van der Waals surface area contributed by atoms with E-state index < -0.39 is 28.9 Å². The molecule has 0 aliphatic heterocycles. The number of carbonyl (C=O) groups is 4. The van der Waals surface area contributed by atoms with Crippen LogP contribution in [0, 0.1) is 45.3 Å². The van der Waals surface area contributed by atoms with Crippen molar-refractivity contribution in [3.05, 3.63) is 201 Å². The average molecular weight is 957 g/mol. The number of benzene rings is 6. The van der Waals surface area contributed by atoms with Crippen LogP contribution in [0.5, 0.6) is 0 Å². The fraction of sp³-hybridized carbons (Fsp3) is 0.0526. The van der Waals surface area contributed by atoms with Gasteiger partial charge in [0.25, 0.3) is 0 Å². The van der Waals surface area contributed by atoms with Crippen molar-refractivity contribution in [2.24, 2.45) is 9.98 Å². The molecule has 0 N–H and O–H groups in total. The number of esters is 2. The lowest BCUT2D eigenvalue weighted by molar-refractivity contribution is -0.164. The predicted octanol–water partition coefficient (Wildman–Crippen LogP) is 11.4. The number of rotatable bonds is 8. The van der Waals surface area contributed by atoms with Crippen molar-refractivity contribution in [1.29, 1.82) is 21.0 Å². The highest BCUT2D eigenvalue weighted by atomic mass is 32.1. The van der Waals surface area contributed by atoms with Crippen LogP contribution in [-0.4, -0.2) is 34.9 Å². The highest BCUT2D eigenvalue weighted by Gasteiger charge is 2.58. The summed E-state index contributed by atoms with van der Waals surface area (Å²) in [6.45, 7) is -0.329. The van der Waals surface area contributed by atoms with E-state index in [-0.39, 0.29) is 58.1 Å². The summed E-state index contributed by atoms with van der Waals surface area (Å²) in [5.74, 6) is -2.66. The number of allylic oxidation sites excluding steroid dienone is 4. The molecular weight excluding hydrogens is 929 g/mol. The van der Waals surface area contributed by atoms with Gasteiger partial charge < -0.3 is 9.47 Å². The molecule has 0 saturated heterocycles. The summed E-state index contributed by atoms with van der Waals surface area (Å²) in [5, 5.41) is 41.6. The summed E-state index contributed by atoms with van der Waals surface area (Å²) in [6.07, 6.45) is 0. The number of carbonyl (C=O) groups excluding carboxylic acids is 4. The molecule has 8 aromatic rings. The molecule has 334 valence electrons. The third kappa shape index (κ3) is 7.07. The molecule has 0 unspecified atom stereocenters. The van der Waals surface area contributed by atoms with Crippen LogP contribution in [-0.2, 0) is 37.7 Å². The van der Waals surface area contributed by atoms with Crippen LogP contribution in [0.25, 0.3) is 42.4 Å². The second-order valence-corrected chi connectivity index (χ2v) is 18.7. The second kappa shape index (κ2) is 17.4. The molecule has 0 spiro atoms.